The summed E-state index contributed by atoms with van der Waals surface area (Å²) >= 11 is 4.57. The van der Waals surface area contributed by atoms with E-state index in [1.165, 1.54) is 0 Å². The van der Waals surface area contributed by atoms with E-state index in [2.05, 4.69) is 37.8 Å². The first-order chi connectivity index (χ1) is 9.11. The number of amides is 1. The summed E-state index contributed by atoms with van der Waals surface area (Å²) in [5.41, 5.74) is 2.63. The highest BCUT2D eigenvalue weighted by molar-refractivity contribution is 9.10. The lowest BCUT2D eigenvalue weighted by molar-refractivity contribution is 0.102. The second-order valence-corrected chi connectivity index (χ2v) is 5.84. The van der Waals surface area contributed by atoms with Crippen molar-refractivity contribution < 1.29 is 4.79 Å². The number of hydrogen-bond acceptors (Lipinski definition) is 4. The van der Waals surface area contributed by atoms with Crippen molar-refractivity contribution in [1.82, 2.24) is 9.59 Å². The largest absolute Gasteiger partial charge is 0.320 e. The first kappa shape index (κ1) is 14.1. The fraction of sp³-hybridized carbons (Fsp3) is 0.308. The first-order valence-corrected chi connectivity index (χ1v) is 7.57. The van der Waals surface area contributed by atoms with Gasteiger partial charge in [0.1, 0.15) is 4.88 Å². The number of benzene rings is 1. The molecule has 4 nitrogen and oxygen atoms in total. The van der Waals surface area contributed by atoms with E-state index in [4.69, 9.17) is 0 Å². The molecule has 1 heterocycles. The Kier molecular flexibility index (Phi) is 4.66. The van der Waals surface area contributed by atoms with Crippen LogP contribution in [0.15, 0.2) is 22.7 Å². The molecule has 100 valence electrons. The molecule has 0 unspecified atom stereocenters. The number of halogens is 1. The molecule has 1 N–H and O–H groups in total. The van der Waals surface area contributed by atoms with Crippen LogP contribution in [0.3, 0.4) is 0 Å². The van der Waals surface area contributed by atoms with E-state index < -0.39 is 0 Å². The van der Waals surface area contributed by atoms with Gasteiger partial charge in [0, 0.05) is 4.47 Å². The van der Waals surface area contributed by atoms with Crippen LogP contribution in [-0.2, 0) is 6.42 Å². The molecule has 0 atom stereocenters. The number of hydrogen-bond donors (Lipinski definition) is 1. The minimum atomic E-state index is -0.148. The van der Waals surface area contributed by atoms with Crippen molar-refractivity contribution in [3.05, 3.63) is 38.8 Å². The molecule has 1 aromatic carbocycles. The van der Waals surface area contributed by atoms with Gasteiger partial charge >= 0.3 is 0 Å². The van der Waals surface area contributed by atoms with Crippen molar-refractivity contribution in [3.63, 3.8) is 0 Å². The summed E-state index contributed by atoms with van der Waals surface area (Å²) in [5, 5.41) is 6.90. The molecular weight excluding hydrogens is 326 g/mol. The number of carbonyl (C=O) groups is 1. The zero-order valence-corrected chi connectivity index (χ0v) is 13.1. The minimum Gasteiger partial charge on any atom is -0.320 e. The second kappa shape index (κ2) is 6.25. The Hall–Kier alpha value is -1.27. The molecule has 0 aliphatic carbocycles. The van der Waals surface area contributed by atoms with Crippen molar-refractivity contribution in [2.24, 2.45) is 0 Å². The van der Waals surface area contributed by atoms with E-state index in [1.54, 1.807) is 0 Å². The van der Waals surface area contributed by atoms with Crippen molar-refractivity contribution in [2.45, 2.75) is 26.7 Å². The monoisotopic (exact) mass is 339 g/mol. The van der Waals surface area contributed by atoms with Crippen LogP contribution >= 0.6 is 27.5 Å². The fourth-order valence-electron chi connectivity index (χ4n) is 1.70. The van der Waals surface area contributed by atoms with Gasteiger partial charge in [-0.3, -0.25) is 4.79 Å². The number of aryl methyl sites for hydroxylation is 2. The lowest BCUT2D eigenvalue weighted by Gasteiger charge is -2.07. The Bertz CT molecular complexity index is 597. The smallest absolute Gasteiger partial charge is 0.269 e. The van der Waals surface area contributed by atoms with E-state index in [0.29, 0.717) is 4.88 Å². The maximum atomic E-state index is 12.2. The second-order valence-electron chi connectivity index (χ2n) is 4.24. The third-order valence-electron chi connectivity index (χ3n) is 2.62. The van der Waals surface area contributed by atoms with Crippen LogP contribution in [0.2, 0.25) is 0 Å². The topological polar surface area (TPSA) is 54.9 Å². The maximum Gasteiger partial charge on any atom is 0.269 e. The molecule has 2 aromatic rings. The molecule has 0 radical (unpaired) electrons. The van der Waals surface area contributed by atoms with Gasteiger partial charge in [-0.2, -0.15) is 0 Å². The van der Waals surface area contributed by atoms with Gasteiger partial charge < -0.3 is 5.32 Å². The van der Waals surface area contributed by atoms with Crippen molar-refractivity contribution in [1.29, 1.82) is 0 Å². The molecule has 0 aliphatic heterocycles. The van der Waals surface area contributed by atoms with Crippen LogP contribution in [0.5, 0.6) is 0 Å². The number of nitrogens with zero attached hydrogens (tertiary/aromatic N) is 2. The van der Waals surface area contributed by atoms with Crippen LogP contribution < -0.4 is 5.32 Å². The standard InChI is InChI=1S/C13H14BrN3OS/c1-3-4-10-12(19-17-16-10)13(18)15-11-7-8(2)5-6-9(11)14/h5-7H,3-4H2,1-2H3,(H,15,18). The highest BCUT2D eigenvalue weighted by Crippen LogP contribution is 2.24. The van der Waals surface area contributed by atoms with Crippen LogP contribution in [0.1, 0.15) is 34.3 Å². The average molecular weight is 340 g/mol. The summed E-state index contributed by atoms with van der Waals surface area (Å²) in [4.78, 5) is 12.8. The van der Waals surface area contributed by atoms with Gasteiger partial charge in [-0.1, -0.05) is 23.9 Å². The van der Waals surface area contributed by atoms with Gasteiger partial charge in [-0.25, -0.2) is 0 Å². The van der Waals surface area contributed by atoms with Crippen LogP contribution in [-0.4, -0.2) is 15.5 Å². The summed E-state index contributed by atoms with van der Waals surface area (Å²) in [7, 11) is 0. The molecule has 19 heavy (non-hydrogen) atoms. The summed E-state index contributed by atoms with van der Waals surface area (Å²) < 4.78 is 4.72. The molecule has 0 fully saturated rings. The number of rotatable bonds is 4. The van der Waals surface area contributed by atoms with E-state index in [1.807, 2.05) is 25.1 Å². The van der Waals surface area contributed by atoms with E-state index >= 15 is 0 Å². The van der Waals surface area contributed by atoms with Gasteiger partial charge in [-0.05, 0) is 58.5 Å². The van der Waals surface area contributed by atoms with E-state index in [0.717, 1.165) is 45.8 Å². The molecule has 6 heteroatoms. The number of nitrogens with one attached hydrogen (secondary N) is 1. The van der Waals surface area contributed by atoms with Gasteiger partial charge in [-0.15, -0.1) is 5.10 Å². The van der Waals surface area contributed by atoms with Crippen molar-refractivity contribution in [2.75, 3.05) is 5.32 Å². The Morgan fingerprint density at radius 2 is 2.26 bits per heavy atom. The van der Waals surface area contributed by atoms with Crippen molar-refractivity contribution in [3.8, 4) is 0 Å². The Labute approximate surface area is 124 Å². The van der Waals surface area contributed by atoms with Gasteiger partial charge in [0.05, 0.1) is 11.4 Å². The van der Waals surface area contributed by atoms with Gasteiger partial charge in [0.15, 0.2) is 0 Å². The predicted molar refractivity (Wildman–Crippen MR) is 80.7 cm³/mol. The summed E-state index contributed by atoms with van der Waals surface area (Å²) in [5.74, 6) is -0.148. The minimum absolute atomic E-state index is 0.148. The Morgan fingerprint density at radius 1 is 1.47 bits per heavy atom. The fourth-order valence-corrected chi connectivity index (χ4v) is 2.64. The SMILES string of the molecule is CCCc1nnsc1C(=O)Nc1cc(C)ccc1Br. The third-order valence-corrected chi connectivity index (χ3v) is 4.08. The van der Waals surface area contributed by atoms with Crippen LogP contribution in [0.4, 0.5) is 5.69 Å². The highest BCUT2D eigenvalue weighted by atomic mass is 79.9. The Morgan fingerprint density at radius 3 is 3.00 bits per heavy atom. The van der Waals surface area contributed by atoms with Gasteiger partial charge in [0.25, 0.3) is 5.91 Å². The Balaban J connectivity index is 2.21. The van der Waals surface area contributed by atoms with Crippen molar-refractivity contribution >= 4 is 39.1 Å². The molecule has 2 rings (SSSR count). The molecule has 1 amide bonds. The summed E-state index contributed by atoms with van der Waals surface area (Å²) in [6, 6.07) is 5.83. The molecule has 0 bridgehead atoms. The third kappa shape index (κ3) is 3.39. The normalized spacial score (nSPS) is 10.5. The molecule has 0 saturated heterocycles. The number of aromatic nitrogens is 2. The highest BCUT2D eigenvalue weighted by Gasteiger charge is 2.16. The average Bonchev–Trinajstić information content (AvgIpc) is 2.82. The lowest BCUT2D eigenvalue weighted by Crippen LogP contribution is -2.13. The predicted octanol–water partition coefficient (Wildman–Crippen LogP) is 3.81. The molecule has 1 aromatic heterocycles. The number of anilines is 1. The summed E-state index contributed by atoms with van der Waals surface area (Å²) in [6.45, 7) is 4.04. The molecular formula is C13H14BrN3OS. The van der Waals surface area contributed by atoms with Crippen LogP contribution in [0, 0.1) is 6.92 Å². The molecule has 0 aliphatic rings. The molecule has 0 saturated carbocycles. The van der Waals surface area contributed by atoms with E-state index in [9.17, 15) is 4.79 Å². The number of carbonyl (C=O) groups excluding carboxylic acids is 1. The maximum absolute atomic E-state index is 12.2. The zero-order valence-electron chi connectivity index (χ0n) is 10.7. The molecule has 0 spiro atoms. The lowest BCUT2D eigenvalue weighted by atomic mass is 10.2. The summed E-state index contributed by atoms with van der Waals surface area (Å²) in [6.07, 6.45) is 1.72. The first-order valence-electron chi connectivity index (χ1n) is 6.00. The van der Waals surface area contributed by atoms with Crippen LogP contribution in [0.25, 0.3) is 0 Å². The quantitative estimate of drug-likeness (QED) is 0.921. The van der Waals surface area contributed by atoms with E-state index in [-0.39, 0.29) is 5.91 Å². The van der Waals surface area contributed by atoms with Gasteiger partial charge in [0.2, 0.25) is 0 Å². The zero-order chi connectivity index (χ0) is 13.8.